The van der Waals surface area contributed by atoms with Gasteiger partial charge in [-0.05, 0) is 48.9 Å². The molecule has 0 bridgehead atoms. The summed E-state index contributed by atoms with van der Waals surface area (Å²) in [6.45, 7) is 2.56. The molecule has 2 aromatic carbocycles. The minimum Gasteiger partial charge on any atom is -0.487 e. The minimum absolute atomic E-state index is 0.0387. The van der Waals surface area contributed by atoms with E-state index in [0.29, 0.717) is 52.9 Å². The van der Waals surface area contributed by atoms with E-state index in [0.717, 1.165) is 0 Å². The van der Waals surface area contributed by atoms with Gasteiger partial charge in [-0.15, -0.1) is 0 Å². The number of aliphatic hydroxyl groups excluding tert-OH is 1. The molecule has 184 valence electrons. The minimum atomic E-state index is -1.06. The maximum atomic E-state index is 11.6. The molecule has 0 aliphatic carbocycles. The number of hydrogen-bond donors (Lipinski definition) is 3. The van der Waals surface area contributed by atoms with Gasteiger partial charge in [-0.2, -0.15) is 10.4 Å². The monoisotopic (exact) mass is 488 g/mol. The summed E-state index contributed by atoms with van der Waals surface area (Å²) in [6, 6.07) is 16.5. The molecule has 0 atom stereocenters. The fourth-order valence-corrected chi connectivity index (χ4v) is 3.62. The zero-order valence-electron chi connectivity index (χ0n) is 19.5. The van der Waals surface area contributed by atoms with Crippen molar-refractivity contribution in [1.29, 1.82) is 5.26 Å². The number of carboxylic acid groups (broad SMARTS) is 1. The number of nitriles is 1. The number of para-hydroxylation sites is 2. The van der Waals surface area contributed by atoms with E-state index in [-0.39, 0.29) is 24.3 Å². The summed E-state index contributed by atoms with van der Waals surface area (Å²) in [5.41, 5.74) is 2.57. The number of nitrogens with one attached hydrogen (secondary N) is 1. The number of fused-ring (bicyclic) bond motifs is 1. The van der Waals surface area contributed by atoms with Gasteiger partial charge in [0, 0.05) is 11.9 Å². The van der Waals surface area contributed by atoms with Crippen LogP contribution in [-0.2, 0) is 4.74 Å². The van der Waals surface area contributed by atoms with Crippen molar-refractivity contribution in [3.8, 4) is 23.3 Å². The van der Waals surface area contributed by atoms with Crippen molar-refractivity contribution in [3.05, 3.63) is 77.6 Å². The van der Waals surface area contributed by atoms with Crippen LogP contribution in [-0.4, -0.2) is 52.2 Å². The average molecular weight is 489 g/mol. The van der Waals surface area contributed by atoms with Gasteiger partial charge in [0.15, 0.2) is 11.5 Å². The number of rotatable bonds is 11. The predicted molar refractivity (Wildman–Crippen MR) is 131 cm³/mol. The number of nitrogens with zero attached hydrogens (tertiary/aromatic N) is 3. The Kier molecular flexibility index (Phi) is 7.65. The van der Waals surface area contributed by atoms with Gasteiger partial charge < -0.3 is 29.7 Å². The van der Waals surface area contributed by atoms with Crippen molar-refractivity contribution in [2.24, 2.45) is 0 Å². The Bertz CT molecular complexity index is 1410. The number of ether oxygens (including phenoxy) is 3. The van der Waals surface area contributed by atoms with Gasteiger partial charge in [-0.1, -0.05) is 12.1 Å². The normalized spacial score (nSPS) is 10.7. The molecule has 0 aliphatic rings. The first-order chi connectivity index (χ1) is 17.5. The zero-order valence-corrected chi connectivity index (χ0v) is 19.5. The number of hydrogen-bond acceptors (Lipinski definition) is 8. The third-order valence-electron chi connectivity index (χ3n) is 5.33. The molecule has 3 N–H and O–H groups in total. The van der Waals surface area contributed by atoms with Crippen molar-refractivity contribution in [3.63, 3.8) is 0 Å². The Morgan fingerprint density at radius 1 is 1.11 bits per heavy atom. The lowest BCUT2D eigenvalue weighted by atomic mass is 10.1. The summed E-state index contributed by atoms with van der Waals surface area (Å²) >= 11 is 0. The van der Waals surface area contributed by atoms with Crippen molar-refractivity contribution in [2.75, 3.05) is 31.7 Å². The van der Waals surface area contributed by atoms with Crippen LogP contribution < -0.4 is 14.8 Å². The van der Waals surface area contributed by atoms with Gasteiger partial charge in [0.2, 0.25) is 0 Å². The summed E-state index contributed by atoms with van der Waals surface area (Å²) in [5.74, 6) is 0.600. The van der Waals surface area contributed by atoms with Gasteiger partial charge in [0.25, 0.3) is 0 Å². The maximum absolute atomic E-state index is 11.6. The van der Waals surface area contributed by atoms with Gasteiger partial charge >= 0.3 is 5.97 Å². The van der Waals surface area contributed by atoms with Crippen LogP contribution in [0.5, 0.6) is 17.2 Å². The largest absolute Gasteiger partial charge is 0.487 e. The Balaban J connectivity index is 1.52. The van der Waals surface area contributed by atoms with Crippen molar-refractivity contribution in [2.45, 2.75) is 6.92 Å². The summed E-state index contributed by atoms with van der Waals surface area (Å²) < 4.78 is 18.4. The smallest absolute Gasteiger partial charge is 0.337 e. The van der Waals surface area contributed by atoms with Crippen LogP contribution in [0.2, 0.25) is 0 Å². The van der Waals surface area contributed by atoms with E-state index < -0.39 is 5.97 Å². The van der Waals surface area contributed by atoms with Gasteiger partial charge in [-0.25, -0.2) is 9.31 Å². The van der Waals surface area contributed by atoms with Crippen LogP contribution in [0, 0.1) is 18.3 Å². The third kappa shape index (κ3) is 5.38. The number of aryl methyl sites for hydroxylation is 1. The average Bonchev–Trinajstić information content (AvgIpc) is 3.23. The van der Waals surface area contributed by atoms with Crippen molar-refractivity contribution < 1.29 is 29.2 Å². The van der Waals surface area contributed by atoms with E-state index in [2.05, 4.69) is 16.5 Å². The van der Waals surface area contributed by atoms with Crippen LogP contribution >= 0.6 is 0 Å². The highest BCUT2D eigenvalue weighted by Crippen LogP contribution is 2.33. The molecular weight excluding hydrogens is 464 g/mol. The maximum Gasteiger partial charge on any atom is 0.337 e. The fraction of sp³-hybridized carbons (Fsp3) is 0.192. The quantitative estimate of drug-likeness (QED) is 0.266. The Labute approximate surface area is 206 Å². The van der Waals surface area contributed by atoms with Crippen molar-refractivity contribution >= 4 is 22.9 Å². The number of benzene rings is 2. The molecule has 10 heteroatoms. The highest BCUT2D eigenvalue weighted by Gasteiger charge is 2.19. The Morgan fingerprint density at radius 3 is 2.56 bits per heavy atom. The topological polar surface area (TPSA) is 138 Å². The Hall–Kier alpha value is -4.59. The second kappa shape index (κ2) is 11.2. The van der Waals surface area contributed by atoms with Gasteiger partial charge in [0.1, 0.15) is 18.4 Å². The van der Waals surface area contributed by atoms with Crippen LogP contribution in [0.15, 0.2) is 60.9 Å². The lowest BCUT2D eigenvalue weighted by molar-refractivity contribution is 0.0696. The number of carboxylic acids is 1. The standard InChI is InChI=1S/C26H24N4O6/c1-17-21(26(32)33)16-30-25(17)24(18(14-27)15-28-30)29-19-6-8-20(9-7-19)36-23-5-3-2-4-22(23)35-13-12-34-11-10-31/h2-9,15-16,29,31H,10-13H2,1H3,(H,32,33). The predicted octanol–water partition coefficient (Wildman–Crippen LogP) is 4.14. The van der Waals surface area contributed by atoms with E-state index in [4.69, 9.17) is 19.3 Å². The molecule has 36 heavy (non-hydrogen) atoms. The number of aromatic nitrogens is 2. The van der Waals surface area contributed by atoms with Crippen molar-refractivity contribution in [1.82, 2.24) is 9.61 Å². The molecule has 0 spiro atoms. The van der Waals surface area contributed by atoms with Gasteiger partial charge in [0.05, 0.1) is 48.3 Å². The lowest BCUT2D eigenvalue weighted by Gasteiger charge is -2.14. The first kappa shape index (κ1) is 24.5. The van der Waals surface area contributed by atoms with Crippen LogP contribution in [0.25, 0.3) is 5.52 Å². The molecule has 0 aliphatic heterocycles. The molecule has 2 aromatic heterocycles. The second-order valence-corrected chi connectivity index (χ2v) is 7.69. The lowest BCUT2D eigenvalue weighted by Crippen LogP contribution is -2.09. The van der Waals surface area contributed by atoms with Crippen LogP contribution in [0.3, 0.4) is 0 Å². The highest BCUT2D eigenvalue weighted by atomic mass is 16.5. The van der Waals surface area contributed by atoms with E-state index >= 15 is 0 Å². The van der Waals surface area contributed by atoms with Crippen LogP contribution in [0.1, 0.15) is 21.5 Å². The summed E-state index contributed by atoms with van der Waals surface area (Å²) in [6.07, 6.45) is 2.82. The second-order valence-electron chi connectivity index (χ2n) is 7.69. The number of carbonyl (C=O) groups is 1. The first-order valence-corrected chi connectivity index (χ1v) is 11.1. The molecule has 0 saturated heterocycles. The molecule has 2 heterocycles. The van der Waals surface area contributed by atoms with E-state index in [1.807, 2.05) is 12.1 Å². The molecule has 0 radical (unpaired) electrons. The van der Waals surface area contributed by atoms with E-state index in [9.17, 15) is 15.2 Å². The highest BCUT2D eigenvalue weighted by molar-refractivity contribution is 5.96. The number of anilines is 2. The van der Waals surface area contributed by atoms with Gasteiger partial charge in [-0.3, -0.25) is 0 Å². The molecule has 4 aromatic rings. The first-order valence-electron chi connectivity index (χ1n) is 11.1. The molecule has 10 nitrogen and oxygen atoms in total. The SMILES string of the molecule is Cc1c(C(=O)O)cn2ncc(C#N)c(Nc3ccc(Oc4ccccc4OCCOCCO)cc3)c12. The molecule has 4 rings (SSSR count). The summed E-state index contributed by atoms with van der Waals surface area (Å²) in [7, 11) is 0. The van der Waals surface area contributed by atoms with Crippen LogP contribution in [0.4, 0.5) is 11.4 Å². The molecule has 0 unspecified atom stereocenters. The molecule has 0 saturated carbocycles. The van der Waals surface area contributed by atoms with E-state index in [1.165, 1.54) is 16.9 Å². The molecule has 0 fully saturated rings. The zero-order chi connectivity index (χ0) is 25.5. The third-order valence-corrected chi connectivity index (χ3v) is 5.33. The number of aromatic carboxylic acids is 1. The fourth-order valence-electron chi connectivity index (χ4n) is 3.62. The number of aliphatic hydroxyl groups is 1. The Morgan fingerprint density at radius 2 is 1.86 bits per heavy atom. The van der Waals surface area contributed by atoms with E-state index in [1.54, 1.807) is 43.3 Å². The molecule has 0 amide bonds. The molecular formula is C26H24N4O6. The summed E-state index contributed by atoms with van der Waals surface area (Å²) in [5, 5.41) is 35.2. The summed E-state index contributed by atoms with van der Waals surface area (Å²) in [4.78, 5) is 11.6.